The molecule has 1 aromatic carbocycles. The molecule has 5 heteroatoms. The Morgan fingerprint density at radius 1 is 1.40 bits per heavy atom. The SMILES string of the molecule is CCOC(=O)c1ccc(C)c([C@@H]2CCN(c3cncc(C#N)c3)C2)c1. The van der Waals surface area contributed by atoms with Crippen LogP contribution in [0.3, 0.4) is 0 Å². The average Bonchev–Trinajstić information content (AvgIpc) is 3.12. The first kappa shape index (κ1) is 17.0. The molecule has 25 heavy (non-hydrogen) atoms. The van der Waals surface area contributed by atoms with Crippen molar-refractivity contribution in [2.45, 2.75) is 26.2 Å². The Balaban J connectivity index is 1.80. The maximum absolute atomic E-state index is 12.0. The molecule has 1 saturated heterocycles. The van der Waals surface area contributed by atoms with Gasteiger partial charge in [-0.25, -0.2) is 4.79 Å². The predicted molar refractivity (Wildman–Crippen MR) is 95.7 cm³/mol. The van der Waals surface area contributed by atoms with Gasteiger partial charge in [0.2, 0.25) is 0 Å². The number of carbonyl (C=O) groups is 1. The second-order valence-electron chi connectivity index (χ2n) is 6.27. The Hall–Kier alpha value is -2.87. The summed E-state index contributed by atoms with van der Waals surface area (Å²) in [4.78, 5) is 18.4. The lowest BCUT2D eigenvalue weighted by atomic mass is 9.92. The van der Waals surface area contributed by atoms with Crippen LogP contribution in [-0.4, -0.2) is 30.6 Å². The van der Waals surface area contributed by atoms with E-state index >= 15 is 0 Å². The standard InChI is InChI=1S/C20H21N3O2/c1-3-25-20(24)16-5-4-14(2)19(9-16)17-6-7-23(13-17)18-8-15(10-21)11-22-12-18/h4-5,8-9,11-12,17H,3,6-7,13H2,1-2H3/t17-/m1/s1. The van der Waals surface area contributed by atoms with Crippen molar-refractivity contribution in [2.75, 3.05) is 24.6 Å². The van der Waals surface area contributed by atoms with E-state index in [1.54, 1.807) is 12.4 Å². The highest BCUT2D eigenvalue weighted by molar-refractivity contribution is 5.89. The molecule has 0 unspecified atom stereocenters. The Labute approximate surface area is 147 Å². The molecule has 0 N–H and O–H groups in total. The van der Waals surface area contributed by atoms with E-state index in [0.717, 1.165) is 25.2 Å². The Morgan fingerprint density at radius 2 is 2.24 bits per heavy atom. The number of anilines is 1. The summed E-state index contributed by atoms with van der Waals surface area (Å²) in [5.74, 6) is 0.0737. The molecular weight excluding hydrogens is 314 g/mol. The second-order valence-corrected chi connectivity index (χ2v) is 6.27. The molecular formula is C20H21N3O2. The van der Waals surface area contributed by atoms with Gasteiger partial charge in [0.05, 0.1) is 29.6 Å². The minimum atomic E-state index is -0.274. The number of nitrogens with zero attached hydrogens (tertiary/aromatic N) is 3. The molecule has 0 spiro atoms. The highest BCUT2D eigenvalue weighted by Crippen LogP contribution is 2.33. The van der Waals surface area contributed by atoms with Crippen LogP contribution >= 0.6 is 0 Å². The lowest BCUT2D eigenvalue weighted by Gasteiger charge is -2.19. The summed E-state index contributed by atoms with van der Waals surface area (Å²) in [5.41, 5.74) is 4.53. The molecule has 2 aromatic rings. The quantitative estimate of drug-likeness (QED) is 0.801. The topological polar surface area (TPSA) is 66.2 Å². The van der Waals surface area contributed by atoms with Crippen LogP contribution in [0.1, 0.15) is 46.3 Å². The fraction of sp³-hybridized carbons (Fsp3) is 0.350. The van der Waals surface area contributed by atoms with Crippen LogP contribution in [0.15, 0.2) is 36.7 Å². The number of hydrogen-bond donors (Lipinski definition) is 0. The van der Waals surface area contributed by atoms with Gasteiger partial charge < -0.3 is 9.64 Å². The number of ether oxygens (including phenoxy) is 1. The van der Waals surface area contributed by atoms with Gasteiger partial charge in [-0.05, 0) is 49.6 Å². The van der Waals surface area contributed by atoms with Crippen molar-refractivity contribution in [1.82, 2.24) is 4.98 Å². The predicted octanol–water partition coefficient (Wildman–Crippen LogP) is 3.43. The second kappa shape index (κ2) is 7.35. The molecule has 0 bridgehead atoms. The molecule has 128 valence electrons. The molecule has 1 aliphatic heterocycles. The number of benzene rings is 1. The van der Waals surface area contributed by atoms with Gasteiger partial charge in [0, 0.05) is 25.2 Å². The lowest BCUT2D eigenvalue weighted by molar-refractivity contribution is 0.0526. The van der Waals surface area contributed by atoms with E-state index in [1.165, 1.54) is 11.1 Å². The number of aromatic nitrogens is 1. The molecule has 1 atom stereocenters. The molecule has 5 nitrogen and oxygen atoms in total. The molecule has 1 aromatic heterocycles. The van der Waals surface area contributed by atoms with E-state index < -0.39 is 0 Å². The normalized spacial score (nSPS) is 16.5. The largest absolute Gasteiger partial charge is 0.462 e. The van der Waals surface area contributed by atoms with Gasteiger partial charge in [0.25, 0.3) is 0 Å². The lowest BCUT2D eigenvalue weighted by Crippen LogP contribution is -2.19. The summed E-state index contributed by atoms with van der Waals surface area (Å²) < 4.78 is 5.11. The number of nitriles is 1. The van der Waals surface area contributed by atoms with E-state index in [0.29, 0.717) is 23.7 Å². The first-order valence-electron chi connectivity index (χ1n) is 8.50. The van der Waals surface area contributed by atoms with Crippen molar-refractivity contribution in [3.05, 3.63) is 58.9 Å². The zero-order valence-corrected chi connectivity index (χ0v) is 14.5. The molecule has 1 aliphatic rings. The van der Waals surface area contributed by atoms with Gasteiger partial charge in [-0.15, -0.1) is 0 Å². The first-order valence-corrected chi connectivity index (χ1v) is 8.50. The maximum Gasteiger partial charge on any atom is 0.338 e. The summed E-state index contributed by atoms with van der Waals surface area (Å²) in [6, 6.07) is 9.78. The van der Waals surface area contributed by atoms with E-state index in [-0.39, 0.29) is 5.97 Å². The molecule has 3 rings (SSSR count). The number of hydrogen-bond acceptors (Lipinski definition) is 5. The number of carbonyl (C=O) groups excluding carboxylic acids is 1. The fourth-order valence-corrected chi connectivity index (χ4v) is 3.33. The minimum absolute atomic E-state index is 0.274. The third kappa shape index (κ3) is 3.63. The number of esters is 1. The van der Waals surface area contributed by atoms with E-state index in [1.807, 2.05) is 31.2 Å². The minimum Gasteiger partial charge on any atom is -0.462 e. The monoisotopic (exact) mass is 335 g/mol. The highest BCUT2D eigenvalue weighted by Gasteiger charge is 2.26. The number of rotatable bonds is 4. The van der Waals surface area contributed by atoms with E-state index in [9.17, 15) is 4.79 Å². The molecule has 2 heterocycles. The van der Waals surface area contributed by atoms with Crippen LogP contribution in [0.25, 0.3) is 0 Å². The summed E-state index contributed by atoms with van der Waals surface area (Å²) in [6.45, 7) is 6.02. The van der Waals surface area contributed by atoms with Gasteiger partial charge in [0.1, 0.15) is 6.07 Å². The molecule has 0 saturated carbocycles. The van der Waals surface area contributed by atoms with Crippen molar-refractivity contribution >= 4 is 11.7 Å². The van der Waals surface area contributed by atoms with E-state index in [2.05, 4.69) is 22.9 Å². The zero-order valence-electron chi connectivity index (χ0n) is 14.5. The van der Waals surface area contributed by atoms with E-state index in [4.69, 9.17) is 10.00 Å². The fourth-order valence-electron chi connectivity index (χ4n) is 3.33. The first-order chi connectivity index (χ1) is 12.1. The van der Waals surface area contributed by atoms with Gasteiger partial charge in [-0.1, -0.05) is 6.07 Å². The van der Waals surface area contributed by atoms with Crippen LogP contribution in [0.2, 0.25) is 0 Å². The van der Waals surface area contributed by atoms with Crippen molar-refractivity contribution in [3.8, 4) is 6.07 Å². The summed E-state index contributed by atoms with van der Waals surface area (Å²) in [5, 5.41) is 9.05. The van der Waals surface area contributed by atoms with Gasteiger partial charge in [0.15, 0.2) is 0 Å². The van der Waals surface area contributed by atoms with Crippen LogP contribution in [-0.2, 0) is 4.74 Å². The van der Waals surface area contributed by atoms with Gasteiger partial charge >= 0.3 is 5.97 Å². The van der Waals surface area contributed by atoms with Crippen LogP contribution in [0.4, 0.5) is 5.69 Å². The average molecular weight is 335 g/mol. The zero-order chi connectivity index (χ0) is 17.8. The van der Waals surface area contributed by atoms with Crippen LogP contribution < -0.4 is 4.90 Å². The van der Waals surface area contributed by atoms with Crippen molar-refractivity contribution in [1.29, 1.82) is 5.26 Å². The number of pyridine rings is 1. The summed E-state index contributed by atoms with van der Waals surface area (Å²) >= 11 is 0. The smallest absolute Gasteiger partial charge is 0.338 e. The van der Waals surface area contributed by atoms with Crippen LogP contribution in [0, 0.1) is 18.3 Å². The highest BCUT2D eigenvalue weighted by atomic mass is 16.5. The Morgan fingerprint density at radius 3 is 3.00 bits per heavy atom. The van der Waals surface area contributed by atoms with Crippen molar-refractivity contribution in [3.63, 3.8) is 0 Å². The van der Waals surface area contributed by atoms with Crippen LogP contribution in [0.5, 0.6) is 0 Å². The summed E-state index contributed by atoms with van der Waals surface area (Å²) in [6.07, 6.45) is 4.37. The Kier molecular flexibility index (Phi) is 4.99. The van der Waals surface area contributed by atoms with Crippen molar-refractivity contribution in [2.24, 2.45) is 0 Å². The summed E-state index contributed by atoms with van der Waals surface area (Å²) in [7, 11) is 0. The number of aryl methyl sites for hydroxylation is 1. The van der Waals surface area contributed by atoms with Crippen molar-refractivity contribution < 1.29 is 9.53 Å². The van der Waals surface area contributed by atoms with Gasteiger partial charge in [-0.2, -0.15) is 5.26 Å². The Bertz CT molecular complexity index is 826. The molecule has 1 fully saturated rings. The third-order valence-electron chi connectivity index (χ3n) is 4.64. The molecule has 0 aliphatic carbocycles. The molecule has 0 radical (unpaired) electrons. The third-order valence-corrected chi connectivity index (χ3v) is 4.64. The molecule has 0 amide bonds. The maximum atomic E-state index is 12.0. The van der Waals surface area contributed by atoms with Gasteiger partial charge in [-0.3, -0.25) is 4.98 Å².